The molecule has 1 aliphatic carbocycles. The molecule has 4 rings (SSSR count). The first-order chi connectivity index (χ1) is 15.0. The molecule has 2 aliphatic rings. The van der Waals surface area contributed by atoms with Crippen molar-refractivity contribution in [1.29, 1.82) is 5.26 Å². The molecule has 5 nitrogen and oxygen atoms in total. The molecule has 1 aromatic carbocycles. The van der Waals surface area contributed by atoms with E-state index < -0.39 is 17.7 Å². The Morgan fingerprint density at radius 2 is 1.87 bits per heavy atom. The van der Waals surface area contributed by atoms with E-state index in [0.29, 0.717) is 30.1 Å². The molecule has 0 radical (unpaired) electrons. The fraction of sp³-hybridized carbons (Fsp3) is 0.458. The average Bonchev–Trinajstić information content (AvgIpc) is 3.24. The topological polar surface area (TPSA) is 66.2 Å². The Balaban J connectivity index is 1.38. The van der Waals surface area contributed by atoms with Gasteiger partial charge in [-0.3, -0.25) is 14.6 Å². The van der Waals surface area contributed by atoms with Crippen LogP contribution in [0.15, 0.2) is 30.6 Å². The summed E-state index contributed by atoms with van der Waals surface area (Å²) in [5.74, 6) is -1.12. The lowest BCUT2D eigenvalue weighted by Gasteiger charge is -2.32. The summed E-state index contributed by atoms with van der Waals surface area (Å²) in [4.78, 5) is 22.9. The predicted octanol–water partition coefficient (Wildman–Crippen LogP) is 4.79. The number of pyridine rings is 1. The van der Waals surface area contributed by atoms with Crippen LogP contribution in [0.3, 0.4) is 0 Å². The van der Waals surface area contributed by atoms with Gasteiger partial charge in [-0.1, -0.05) is 0 Å². The lowest BCUT2D eigenvalue weighted by atomic mass is 9.78. The highest BCUT2D eigenvalue weighted by molar-refractivity contribution is 5.78. The van der Waals surface area contributed by atoms with Crippen molar-refractivity contribution in [3.05, 3.63) is 64.5 Å². The molecular weight excluding hydrogens is 400 g/mol. The van der Waals surface area contributed by atoms with Crippen LogP contribution < -0.4 is 0 Å². The van der Waals surface area contributed by atoms with Gasteiger partial charge in [0.25, 0.3) is 0 Å². The van der Waals surface area contributed by atoms with Gasteiger partial charge in [0.2, 0.25) is 5.91 Å². The molecular formula is C24H25F2N3O2. The fourth-order valence-electron chi connectivity index (χ4n) is 4.75. The van der Waals surface area contributed by atoms with Crippen LogP contribution in [0.25, 0.3) is 0 Å². The van der Waals surface area contributed by atoms with Crippen molar-refractivity contribution in [3.63, 3.8) is 0 Å². The molecule has 1 aromatic heterocycles. The van der Waals surface area contributed by atoms with Crippen LogP contribution in [-0.4, -0.2) is 22.6 Å². The number of aromatic nitrogens is 1. The normalized spacial score (nSPS) is 23.5. The molecule has 1 aliphatic heterocycles. The molecule has 2 heterocycles. The molecule has 2 fully saturated rings. The first-order valence-corrected chi connectivity index (χ1v) is 10.7. The van der Waals surface area contributed by atoms with E-state index in [1.54, 1.807) is 6.20 Å². The van der Waals surface area contributed by atoms with Crippen LogP contribution in [0.5, 0.6) is 0 Å². The summed E-state index contributed by atoms with van der Waals surface area (Å²) in [6.07, 6.45) is 8.08. The van der Waals surface area contributed by atoms with Crippen LogP contribution in [0.4, 0.5) is 8.78 Å². The van der Waals surface area contributed by atoms with Crippen LogP contribution in [0.2, 0.25) is 0 Å². The predicted molar refractivity (Wildman–Crippen MR) is 109 cm³/mol. The molecule has 0 spiro atoms. The Bertz CT molecular complexity index is 992. The third-order valence-electron chi connectivity index (χ3n) is 6.54. The number of carbonyl (C=O) groups excluding carboxylic acids is 1. The molecule has 1 amide bonds. The first-order valence-electron chi connectivity index (χ1n) is 10.7. The van der Waals surface area contributed by atoms with Crippen LogP contribution in [0, 0.1) is 41.7 Å². The molecule has 2 aromatic rings. The Kier molecular flexibility index (Phi) is 6.28. The van der Waals surface area contributed by atoms with Gasteiger partial charge < -0.3 is 0 Å². The van der Waals surface area contributed by atoms with Crippen molar-refractivity contribution in [2.75, 3.05) is 6.61 Å². The number of nitrogens with zero attached hydrogens (tertiary/aromatic N) is 3. The number of rotatable bonds is 4. The molecule has 0 N–H and O–H groups in total. The van der Waals surface area contributed by atoms with Gasteiger partial charge in [-0.25, -0.2) is 13.8 Å². The molecule has 162 valence electrons. The highest BCUT2D eigenvalue weighted by Gasteiger charge is 2.37. The molecule has 1 saturated heterocycles. The Morgan fingerprint density at radius 1 is 1.16 bits per heavy atom. The molecule has 0 unspecified atom stereocenters. The van der Waals surface area contributed by atoms with E-state index in [-0.39, 0.29) is 11.8 Å². The number of nitriles is 1. The zero-order valence-corrected chi connectivity index (χ0v) is 17.5. The van der Waals surface area contributed by atoms with E-state index in [1.807, 2.05) is 13.1 Å². The van der Waals surface area contributed by atoms with Crippen molar-refractivity contribution in [2.24, 2.45) is 11.8 Å². The number of halogens is 2. The maximum Gasteiger partial charge on any atom is 0.249 e. The number of hydroxylamine groups is 2. The molecule has 31 heavy (non-hydrogen) atoms. The highest BCUT2D eigenvalue weighted by Crippen LogP contribution is 2.37. The van der Waals surface area contributed by atoms with E-state index in [4.69, 9.17) is 4.84 Å². The van der Waals surface area contributed by atoms with Gasteiger partial charge >= 0.3 is 0 Å². The second-order valence-corrected chi connectivity index (χ2v) is 8.51. The van der Waals surface area contributed by atoms with Crippen molar-refractivity contribution in [3.8, 4) is 6.07 Å². The van der Waals surface area contributed by atoms with E-state index in [9.17, 15) is 18.8 Å². The largest absolute Gasteiger partial charge is 0.272 e. The van der Waals surface area contributed by atoms with E-state index in [0.717, 1.165) is 49.3 Å². The standard InChI is InChI=1S/C24H25F2N3O2/c1-15-19(13-28-14-20(15)12-27)8-16-2-4-17(5-3-16)24(30)29-23(6-7-31-29)18-9-21(25)11-22(26)10-18/h9-11,13-14,16-17,23H,2-8H2,1H3/t16-,17-,23-/m0/s1. The molecule has 0 bridgehead atoms. The number of carbonyl (C=O) groups is 1. The monoisotopic (exact) mass is 425 g/mol. The second kappa shape index (κ2) is 9.11. The van der Waals surface area contributed by atoms with Crippen molar-refractivity contribution in [2.45, 2.75) is 51.5 Å². The van der Waals surface area contributed by atoms with Crippen molar-refractivity contribution < 1.29 is 18.4 Å². The zero-order chi connectivity index (χ0) is 22.0. The number of benzene rings is 1. The summed E-state index contributed by atoms with van der Waals surface area (Å²) in [5, 5.41) is 10.5. The van der Waals surface area contributed by atoms with E-state index in [2.05, 4.69) is 11.1 Å². The van der Waals surface area contributed by atoms with Gasteiger partial charge in [0.15, 0.2) is 0 Å². The Labute approximate surface area is 180 Å². The minimum atomic E-state index is -0.653. The van der Waals surface area contributed by atoms with E-state index in [1.165, 1.54) is 17.2 Å². The number of amides is 1. The summed E-state index contributed by atoms with van der Waals surface area (Å²) >= 11 is 0. The maximum absolute atomic E-state index is 13.7. The molecule has 1 atom stereocenters. The Hall–Kier alpha value is -2.85. The minimum Gasteiger partial charge on any atom is -0.272 e. The summed E-state index contributed by atoms with van der Waals surface area (Å²) in [6, 6.07) is 5.08. The quantitative estimate of drug-likeness (QED) is 0.706. The average molecular weight is 425 g/mol. The lowest BCUT2D eigenvalue weighted by Crippen LogP contribution is -2.36. The summed E-state index contributed by atoms with van der Waals surface area (Å²) in [7, 11) is 0. The van der Waals surface area contributed by atoms with Gasteiger partial charge in [0.05, 0.1) is 18.2 Å². The third kappa shape index (κ3) is 4.59. The fourth-order valence-corrected chi connectivity index (χ4v) is 4.75. The summed E-state index contributed by atoms with van der Waals surface area (Å²) in [6.45, 7) is 2.30. The molecule has 1 saturated carbocycles. The number of hydrogen-bond acceptors (Lipinski definition) is 4. The zero-order valence-electron chi connectivity index (χ0n) is 17.5. The lowest BCUT2D eigenvalue weighted by molar-refractivity contribution is -0.183. The van der Waals surface area contributed by atoms with Crippen molar-refractivity contribution >= 4 is 5.91 Å². The first kappa shape index (κ1) is 21.4. The summed E-state index contributed by atoms with van der Waals surface area (Å²) < 4.78 is 27.3. The van der Waals surface area contributed by atoms with Gasteiger partial charge in [-0.05, 0) is 73.8 Å². The van der Waals surface area contributed by atoms with Gasteiger partial charge in [-0.2, -0.15) is 5.26 Å². The smallest absolute Gasteiger partial charge is 0.249 e. The number of hydrogen-bond donors (Lipinski definition) is 0. The SMILES string of the molecule is Cc1c(C#N)cncc1C[C@H]1CC[C@H](C(=O)N2OCC[C@H]2c2cc(F)cc(F)c2)CC1. The van der Waals surface area contributed by atoms with Gasteiger partial charge in [0.1, 0.15) is 17.7 Å². The van der Waals surface area contributed by atoms with Crippen LogP contribution in [0.1, 0.15) is 60.4 Å². The van der Waals surface area contributed by atoms with Crippen LogP contribution >= 0.6 is 0 Å². The van der Waals surface area contributed by atoms with Crippen LogP contribution in [-0.2, 0) is 16.1 Å². The van der Waals surface area contributed by atoms with Gasteiger partial charge in [0, 0.05) is 30.8 Å². The maximum atomic E-state index is 13.7. The summed E-state index contributed by atoms with van der Waals surface area (Å²) in [5.41, 5.74) is 3.10. The van der Waals surface area contributed by atoms with Gasteiger partial charge in [-0.15, -0.1) is 0 Å². The van der Waals surface area contributed by atoms with Crippen molar-refractivity contribution in [1.82, 2.24) is 10.0 Å². The highest BCUT2D eigenvalue weighted by atomic mass is 19.1. The van der Waals surface area contributed by atoms with E-state index >= 15 is 0 Å². The third-order valence-corrected chi connectivity index (χ3v) is 6.54. The second-order valence-electron chi connectivity index (χ2n) is 8.51. The Morgan fingerprint density at radius 3 is 2.55 bits per heavy atom. The molecule has 7 heteroatoms. The minimum absolute atomic E-state index is 0.102.